The third kappa shape index (κ3) is 2.07. The number of phenols is 1. The SMILES string of the molecule is Oc1cc(F)ccc1Cc1nc2ccccc2s1. The quantitative estimate of drug-likeness (QED) is 0.760. The monoisotopic (exact) mass is 259 g/mol. The number of rotatable bonds is 2. The fourth-order valence-electron chi connectivity index (χ4n) is 1.84. The van der Waals surface area contributed by atoms with E-state index < -0.39 is 5.82 Å². The van der Waals surface area contributed by atoms with E-state index in [2.05, 4.69) is 4.98 Å². The van der Waals surface area contributed by atoms with Gasteiger partial charge in [-0.25, -0.2) is 9.37 Å². The molecule has 3 rings (SSSR count). The van der Waals surface area contributed by atoms with Gasteiger partial charge in [0, 0.05) is 18.1 Å². The number of hydrogen-bond acceptors (Lipinski definition) is 3. The van der Waals surface area contributed by atoms with Crippen LogP contribution in [0.2, 0.25) is 0 Å². The fraction of sp³-hybridized carbons (Fsp3) is 0.0714. The number of nitrogens with zero attached hydrogens (tertiary/aromatic N) is 1. The van der Waals surface area contributed by atoms with Crippen molar-refractivity contribution in [3.8, 4) is 5.75 Å². The van der Waals surface area contributed by atoms with Crippen molar-refractivity contribution in [2.45, 2.75) is 6.42 Å². The Morgan fingerprint density at radius 2 is 2.00 bits per heavy atom. The highest BCUT2D eigenvalue weighted by Crippen LogP contribution is 2.26. The Hall–Kier alpha value is -1.94. The van der Waals surface area contributed by atoms with Crippen molar-refractivity contribution < 1.29 is 9.50 Å². The maximum atomic E-state index is 12.9. The number of para-hydroxylation sites is 1. The van der Waals surface area contributed by atoms with Crippen LogP contribution in [0.5, 0.6) is 5.75 Å². The minimum atomic E-state index is -0.430. The van der Waals surface area contributed by atoms with E-state index in [-0.39, 0.29) is 5.75 Å². The third-order valence-electron chi connectivity index (χ3n) is 2.73. The number of benzene rings is 2. The van der Waals surface area contributed by atoms with Gasteiger partial charge in [-0.2, -0.15) is 0 Å². The molecular formula is C14H10FNOS. The predicted molar refractivity (Wildman–Crippen MR) is 70.5 cm³/mol. The molecule has 1 N–H and O–H groups in total. The molecule has 2 nitrogen and oxygen atoms in total. The van der Waals surface area contributed by atoms with Gasteiger partial charge in [0.2, 0.25) is 0 Å². The molecule has 18 heavy (non-hydrogen) atoms. The molecule has 1 heterocycles. The smallest absolute Gasteiger partial charge is 0.126 e. The normalized spacial score (nSPS) is 10.9. The summed E-state index contributed by atoms with van der Waals surface area (Å²) in [5.74, 6) is -0.449. The van der Waals surface area contributed by atoms with Crippen molar-refractivity contribution in [2.24, 2.45) is 0 Å². The molecule has 3 aromatic rings. The van der Waals surface area contributed by atoms with E-state index in [1.165, 1.54) is 6.07 Å². The second kappa shape index (κ2) is 4.38. The molecule has 0 aliphatic carbocycles. The van der Waals surface area contributed by atoms with Crippen LogP contribution in [0.4, 0.5) is 4.39 Å². The molecule has 2 aromatic carbocycles. The van der Waals surface area contributed by atoms with Crippen LogP contribution in [0.15, 0.2) is 42.5 Å². The number of thiazole rings is 1. The van der Waals surface area contributed by atoms with Crippen molar-refractivity contribution in [3.05, 3.63) is 58.9 Å². The summed E-state index contributed by atoms with van der Waals surface area (Å²) in [5.41, 5.74) is 1.65. The van der Waals surface area contributed by atoms with Gasteiger partial charge in [0.25, 0.3) is 0 Å². The van der Waals surface area contributed by atoms with Gasteiger partial charge in [-0.05, 0) is 18.2 Å². The van der Waals surface area contributed by atoms with Crippen molar-refractivity contribution >= 4 is 21.6 Å². The molecular weight excluding hydrogens is 249 g/mol. The van der Waals surface area contributed by atoms with Crippen LogP contribution in [0.1, 0.15) is 10.6 Å². The zero-order valence-electron chi connectivity index (χ0n) is 9.43. The molecule has 0 radical (unpaired) electrons. The lowest BCUT2D eigenvalue weighted by Crippen LogP contribution is -1.88. The molecule has 0 atom stereocenters. The van der Waals surface area contributed by atoms with Crippen LogP contribution < -0.4 is 0 Å². The Labute approximate surface area is 107 Å². The van der Waals surface area contributed by atoms with Crippen molar-refractivity contribution in [1.82, 2.24) is 4.98 Å². The van der Waals surface area contributed by atoms with E-state index >= 15 is 0 Å². The van der Waals surface area contributed by atoms with Gasteiger partial charge >= 0.3 is 0 Å². The molecule has 4 heteroatoms. The van der Waals surface area contributed by atoms with Crippen molar-refractivity contribution in [2.75, 3.05) is 0 Å². The molecule has 0 saturated heterocycles. The predicted octanol–water partition coefficient (Wildman–Crippen LogP) is 3.73. The average Bonchev–Trinajstić information content (AvgIpc) is 2.75. The average molecular weight is 259 g/mol. The molecule has 1 aromatic heterocycles. The first-order chi connectivity index (χ1) is 8.72. The van der Waals surface area contributed by atoms with E-state index in [4.69, 9.17) is 0 Å². The van der Waals surface area contributed by atoms with Gasteiger partial charge in [0.1, 0.15) is 11.6 Å². The summed E-state index contributed by atoms with van der Waals surface area (Å²) in [6, 6.07) is 12.0. The number of phenolic OH excluding ortho intramolecular Hbond substituents is 1. The van der Waals surface area contributed by atoms with Crippen LogP contribution >= 0.6 is 11.3 Å². The second-order valence-corrected chi connectivity index (χ2v) is 5.14. The van der Waals surface area contributed by atoms with Crippen molar-refractivity contribution in [3.63, 3.8) is 0 Å². The van der Waals surface area contributed by atoms with Gasteiger partial charge in [0.05, 0.1) is 15.2 Å². The molecule has 90 valence electrons. The highest BCUT2D eigenvalue weighted by Gasteiger charge is 2.08. The standard InChI is InChI=1S/C14H10FNOS/c15-10-6-5-9(12(17)8-10)7-14-16-11-3-1-2-4-13(11)18-14/h1-6,8,17H,7H2. The molecule has 0 aliphatic heterocycles. The maximum absolute atomic E-state index is 12.9. The Morgan fingerprint density at radius 1 is 1.17 bits per heavy atom. The summed E-state index contributed by atoms with van der Waals surface area (Å²) in [5, 5.41) is 10.6. The zero-order valence-corrected chi connectivity index (χ0v) is 10.2. The zero-order chi connectivity index (χ0) is 12.5. The number of aromatic hydroxyl groups is 1. The molecule has 0 bridgehead atoms. The molecule has 0 aliphatic rings. The van der Waals surface area contributed by atoms with Crippen LogP contribution in [0, 0.1) is 5.82 Å². The van der Waals surface area contributed by atoms with E-state index in [0.29, 0.717) is 12.0 Å². The fourth-order valence-corrected chi connectivity index (χ4v) is 2.84. The lowest BCUT2D eigenvalue weighted by molar-refractivity contribution is 0.463. The third-order valence-corrected chi connectivity index (χ3v) is 3.76. The van der Waals surface area contributed by atoms with Gasteiger partial charge in [-0.15, -0.1) is 11.3 Å². The van der Waals surface area contributed by atoms with E-state index in [1.807, 2.05) is 24.3 Å². The minimum absolute atomic E-state index is 0.0192. The summed E-state index contributed by atoms with van der Waals surface area (Å²) in [6.07, 6.45) is 0.519. The van der Waals surface area contributed by atoms with E-state index in [9.17, 15) is 9.50 Å². The topological polar surface area (TPSA) is 33.1 Å². The summed E-state index contributed by atoms with van der Waals surface area (Å²) < 4.78 is 14.0. The lowest BCUT2D eigenvalue weighted by Gasteiger charge is -2.01. The van der Waals surface area contributed by atoms with Crippen LogP contribution in [0.25, 0.3) is 10.2 Å². The first kappa shape index (κ1) is 11.2. The Morgan fingerprint density at radius 3 is 2.78 bits per heavy atom. The summed E-state index contributed by atoms with van der Waals surface area (Å²) in [4.78, 5) is 4.49. The molecule has 0 fully saturated rings. The van der Waals surface area contributed by atoms with Gasteiger partial charge < -0.3 is 5.11 Å². The summed E-state index contributed by atoms with van der Waals surface area (Å²) >= 11 is 1.59. The lowest BCUT2D eigenvalue weighted by atomic mass is 10.1. The highest BCUT2D eigenvalue weighted by molar-refractivity contribution is 7.18. The largest absolute Gasteiger partial charge is 0.508 e. The number of halogens is 1. The highest BCUT2D eigenvalue weighted by atomic mass is 32.1. The Bertz CT molecular complexity index is 675. The summed E-state index contributed by atoms with van der Waals surface area (Å²) in [6.45, 7) is 0. The number of fused-ring (bicyclic) bond motifs is 1. The molecule has 0 amide bonds. The minimum Gasteiger partial charge on any atom is -0.508 e. The van der Waals surface area contributed by atoms with Gasteiger partial charge in [-0.3, -0.25) is 0 Å². The Balaban J connectivity index is 1.96. The molecule has 0 saturated carbocycles. The molecule has 0 spiro atoms. The maximum Gasteiger partial charge on any atom is 0.126 e. The van der Waals surface area contributed by atoms with Gasteiger partial charge in [-0.1, -0.05) is 18.2 Å². The van der Waals surface area contributed by atoms with Crippen molar-refractivity contribution in [1.29, 1.82) is 0 Å². The van der Waals surface area contributed by atoms with E-state index in [1.54, 1.807) is 17.4 Å². The van der Waals surface area contributed by atoms with Crippen LogP contribution in [-0.4, -0.2) is 10.1 Å². The van der Waals surface area contributed by atoms with E-state index in [0.717, 1.165) is 21.3 Å². The molecule has 0 unspecified atom stereocenters. The van der Waals surface area contributed by atoms with Gasteiger partial charge in [0.15, 0.2) is 0 Å². The van der Waals surface area contributed by atoms with Crippen LogP contribution in [-0.2, 0) is 6.42 Å². The second-order valence-electron chi connectivity index (χ2n) is 4.03. The van der Waals surface area contributed by atoms with Crippen LogP contribution in [0.3, 0.4) is 0 Å². The number of hydrogen-bond donors (Lipinski definition) is 1. The summed E-state index contributed by atoms with van der Waals surface area (Å²) in [7, 11) is 0. The Kier molecular flexibility index (Phi) is 2.72. The first-order valence-corrected chi connectivity index (χ1v) is 6.36. The first-order valence-electron chi connectivity index (χ1n) is 5.54. The number of aromatic nitrogens is 1.